The molecule has 2 nitrogen and oxygen atoms in total. The summed E-state index contributed by atoms with van der Waals surface area (Å²) in [6.45, 7) is 0. The van der Waals surface area contributed by atoms with Crippen molar-refractivity contribution in [1.82, 2.24) is 0 Å². The zero-order chi connectivity index (χ0) is 0. The topological polar surface area (TPSA) is 57.0 Å². The average molecular weight is 220 g/mol. The molecule has 0 heterocycles. The first-order valence-corrected chi connectivity index (χ1v) is 0. The maximum absolute atomic E-state index is 0. The summed E-state index contributed by atoms with van der Waals surface area (Å²) >= 11 is 0. The van der Waals surface area contributed by atoms with Crippen LogP contribution >= 0.6 is 0 Å². The van der Waals surface area contributed by atoms with E-state index in [1.165, 1.54) is 0 Å². The smallest absolute Gasteiger partial charge is 2.00 e. The molecule has 0 rings (SSSR count). The zero-order valence-electron chi connectivity index (χ0n) is 1.67. The molecule has 0 amide bonds. The van der Waals surface area contributed by atoms with Gasteiger partial charge in [-0.2, -0.15) is 0 Å². The van der Waals surface area contributed by atoms with Gasteiger partial charge in [0.05, 0.1) is 12.4 Å². The van der Waals surface area contributed by atoms with Gasteiger partial charge in [0.15, 0.2) is 0 Å². The molecule has 27 valence electrons. The third kappa shape index (κ3) is 9.61. The summed E-state index contributed by atoms with van der Waals surface area (Å²) in [5.41, 5.74) is 0. The average Bonchev–Trinajstić information content (AvgIpc) is 0. The predicted octanol–water partition coefficient (Wildman–Crippen LogP) is -0.773. The van der Waals surface area contributed by atoms with Gasteiger partial charge in [-0.15, -0.1) is 0 Å². The van der Waals surface area contributed by atoms with E-state index in [2.05, 4.69) is 0 Å². The van der Waals surface area contributed by atoms with E-state index in [1.807, 2.05) is 0 Å². The monoisotopic (exact) mass is 221 g/mol. The molecule has 4 heavy (non-hydrogen) atoms. The molecule has 0 aliphatic heterocycles. The molecule has 0 spiro atoms. The van der Waals surface area contributed by atoms with Crippen molar-refractivity contribution in [3.05, 3.63) is 0 Å². The fourth-order valence-corrected chi connectivity index (χ4v) is 0. The minimum absolute atomic E-state index is 0. The van der Waals surface area contributed by atoms with Crippen molar-refractivity contribution in [2.45, 2.75) is 0 Å². The van der Waals surface area contributed by atoms with Crippen LogP contribution in [0, 0.1) is 52.8 Å². The number of hydrogen-bond donors (Lipinski definition) is 0. The first kappa shape index (κ1) is 47.9. The Bertz CT molecular complexity index is 6.00. The largest absolute Gasteiger partial charge is 3.00 e. The van der Waals surface area contributed by atoms with Crippen LogP contribution in [-0.2, 0) is 11.0 Å². The Balaban J connectivity index is 0. The summed E-state index contributed by atoms with van der Waals surface area (Å²) in [5.74, 6) is 0. The molecule has 0 aliphatic rings. The van der Waals surface area contributed by atoms with Gasteiger partial charge in [0.25, 0.3) is 0 Å². The van der Waals surface area contributed by atoms with Gasteiger partial charge in [-0.3, -0.25) is 0 Å². The number of halogens is 1. The fourth-order valence-electron chi connectivity index (χ4n) is 0. The molecular weight excluding hydrogens is 218 g/mol. The van der Waals surface area contributed by atoms with Crippen molar-refractivity contribution in [3.8, 4) is 0 Å². The molecule has 0 saturated heterocycles. The van der Waals surface area contributed by atoms with Crippen LogP contribution in [0.2, 0.25) is 0 Å². The number of hydrogen-bond acceptors (Lipinski definition) is 0. The SMILES string of the molecule is [ClH2+].[O-2].[O-2].[Sm+3]. The van der Waals surface area contributed by atoms with Crippen molar-refractivity contribution >= 4 is 0 Å². The van der Waals surface area contributed by atoms with E-state index in [0.717, 1.165) is 0 Å². The summed E-state index contributed by atoms with van der Waals surface area (Å²) in [7, 11) is 0. The molecule has 0 aromatic rings. The van der Waals surface area contributed by atoms with Crippen LogP contribution in [0.5, 0.6) is 0 Å². The van der Waals surface area contributed by atoms with Gasteiger partial charge in [0.1, 0.15) is 0 Å². The van der Waals surface area contributed by atoms with Gasteiger partial charge >= 0.3 is 40.4 Å². The maximum Gasteiger partial charge on any atom is 3.00 e. The van der Waals surface area contributed by atoms with Gasteiger partial charge in [0, 0.05) is 0 Å². The van der Waals surface area contributed by atoms with E-state index < -0.39 is 0 Å². The second-order valence-corrected chi connectivity index (χ2v) is 0. The van der Waals surface area contributed by atoms with Gasteiger partial charge in [-0.1, -0.05) is 0 Å². The Morgan fingerprint density at radius 3 is 0.750 bits per heavy atom. The Hall–Kier alpha value is 1.55. The van der Waals surface area contributed by atoms with Crippen LogP contribution < -0.4 is 0 Å². The van der Waals surface area contributed by atoms with E-state index in [-0.39, 0.29) is 63.7 Å². The Labute approximate surface area is 63.1 Å². The van der Waals surface area contributed by atoms with E-state index >= 15 is 0 Å². The molecule has 1 radical (unpaired) electrons. The van der Waals surface area contributed by atoms with Crippen LogP contribution in [0.25, 0.3) is 0 Å². The second-order valence-electron chi connectivity index (χ2n) is 0. The Morgan fingerprint density at radius 2 is 0.750 bits per heavy atom. The molecule has 0 unspecified atom stereocenters. The summed E-state index contributed by atoms with van der Waals surface area (Å²) in [6.07, 6.45) is 0. The third-order valence-corrected chi connectivity index (χ3v) is 0. The molecule has 4 heteroatoms. The second kappa shape index (κ2) is 23.9. The molecule has 0 fully saturated rings. The van der Waals surface area contributed by atoms with Gasteiger partial charge in [-0.05, 0) is 0 Å². The Kier molecular flexibility index (Phi) is 286. The summed E-state index contributed by atoms with van der Waals surface area (Å²) < 4.78 is 0. The van der Waals surface area contributed by atoms with Crippen molar-refractivity contribution in [1.29, 1.82) is 0 Å². The summed E-state index contributed by atoms with van der Waals surface area (Å²) in [5, 5.41) is 0. The minimum atomic E-state index is 0. The van der Waals surface area contributed by atoms with Crippen molar-refractivity contribution in [2.24, 2.45) is 0 Å². The molecule has 0 saturated carbocycles. The molecule has 0 aliphatic carbocycles. The van der Waals surface area contributed by atoms with Gasteiger partial charge in [-0.25, -0.2) is 0 Å². The zero-order valence-corrected chi connectivity index (χ0v) is 5.19. The standard InChI is InChI=1S/ClH2.2O.Sm/h1H2;;;/q+1;2*-2;+3. The summed E-state index contributed by atoms with van der Waals surface area (Å²) in [6, 6.07) is 0. The summed E-state index contributed by atoms with van der Waals surface area (Å²) in [4.78, 5) is 0. The fraction of sp³-hybridized carbons (Fsp3) is 0. The Morgan fingerprint density at radius 1 is 0.750 bits per heavy atom. The van der Waals surface area contributed by atoms with Crippen LogP contribution in [-0.4, -0.2) is 0 Å². The molecule has 0 bridgehead atoms. The van der Waals surface area contributed by atoms with E-state index in [9.17, 15) is 0 Å². The number of rotatable bonds is 0. The molecule has 0 aromatic carbocycles. The van der Waals surface area contributed by atoms with E-state index in [0.29, 0.717) is 0 Å². The first-order valence-electron chi connectivity index (χ1n) is 0. The first-order chi connectivity index (χ1) is 0. The van der Waals surface area contributed by atoms with Crippen LogP contribution in [0.15, 0.2) is 0 Å². The van der Waals surface area contributed by atoms with Crippen molar-refractivity contribution in [3.63, 3.8) is 0 Å². The predicted molar refractivity (Wildman–Crippen MR) is 4.16 cm³/mol. The normalized spacial score (nSPS) is 0. The van der Waals surface area contributed by atoms with Crippen molar-refractivity contribution in [2.75, 3.05) is 0 Å². The minimum Gasteiger partial charge on any atom is -2.00 e. The third-order valence-electron chi connectivity index (χ3n) is 0. The quantitative estimate of drug-likeness (QED) is 0.514. The van der Waals surface area contributed by atoms with Gasteiger partial charge < -0.3 is 11.0 Å². The van der Waals surface area contributed by atoms with Gasteiger partial charge in [0.2, 0.25) is 0 Å². The van der Waals surface area contributed by atoms with Crippen LogP contribution in [0.3, 0.4) is 0 Å². The van der Waals surface area contributed by atoms with E-state index in [1.54, 1.807) is 0 Å². The van der Waals surface area contributed by atoms with E-state index in [4.69, 9.17) is 0 Å². The molecular formula is H2ClO2Sm. The maximum atomic E-state index is 0. The molecule has 0 atom stereocenters. The van der Waals surface area contributed by atoms with Crippen molar-refractivity contribution < 1.29 is 63.7 Å². The van der Waals surface area contributed by atoms with Crippen LogP contribution in [0.1, 0.15) is 0 Å². The van der Waals surface area contributed by atoms with Crippen LogP contribution in [0.4, 0.5) is 0 Å². The molecule has 0 N–H and O–H groups in total. The molecule has 0 aromatic heterocycles.